The molecule has 0 N–H and O–H groups in total. The summed E-state index contributed by atoms with van der Waals surface area (Å²) in [4.78, 5) is 14.0. The second kappa shape index (κ2) is 5.70. The quantitative estimate of drug-likeness (QED) is 0.807. The van der Waals surface area contributed by atoms with Gasteiger partial charge in [-0.1, -0.05) is 44.2 Å². The lowest BCUT2D eigenvalue weighted by Gasteiger charge is -2.17. The summed E-state index contributed by atoms with van der Waals surface area (Å²) in [5.74, 6) is 0.498. The summed E-state index contributed by atoms with van der Waals surface area (Å²) in [7, 11) is 1.80. The Morgan fingerprint density at radius 1 is 0.947 bits per heavy atom. The second-order valence-corrected chi connectivity index (χ2v) is 4.98. The number of carbonyl (C=O) groups excluding carboxylic acids is 1. The lowest BCUT2D eigenvalue weighted by molar-refractivity contribution is 0.0993. The Morgan fingerprint density at radius 3 is 2.05 bits per heavy atom. The SMILES string of the molecule is CC(C)c1ccc(C(=O)N(C)c2ccccc2)cc1. The smallest absolute Gasteiger partial charge is 0.258 e. The minimum absolute atomic E-state index is 0.0153. The highest BCUT2D eigenvalue weighted by Gasteiger charge is 2.13. The third-order valence-corrected chi connectivity index (χ3v) is 3.27. The molecule has 0 unspecified atom stereocenters. The summed E-state index contributed by atoms with van der Waals surface area (Å²) in [6.07, 6.45) is 0. The van der Waals surface area contributed by atoms with Gasteiger partial charge in [0.2, 0.25) is 0 Å². The Kier molecular flexibility index (Phi) is 4.00. The summed E-state index contributed by atoms with van der Waals surface area (Å²) in [5, 5.41) is 0. The zero-order valence-corrected chi connectivity index (χ0v) is 11.6. The van der Waals surface area contributed by atoms with Crippen LogP contribution in [0.25, 0.3) is 0 Å². The summed E-state index contributed by atoms with van der Waals surface area (Å²) in [5.41, 5.74) is 2.87. The van der Waals surface area contributed by atoms with Gasteiger partial charge in [-0.3, -0.25) is 4.79 Å². The maximum atomic E-state index is 12.4. The lowest BCUT2D eigenvalue weighted by atomic mass is 10.0. The van der Waals surface area contributed by atoms with E-state index in [4.69, 9.17) is 0 Å². The molecule has 0 radical (unpaired) electrons. The Bertz CT molecular complexity index is 543. The maximum absolute atomic E-state index is 12.4. The summed E-state index contributed by atoms with van der Waals surface area (Å²) < 4.78 is 0. The van der Waals surface area contributed by atoms with E-state index in [9.17, 15) is 4.79 Å². The van der Waals surface area contributed by atoms with Crippen molar-refractivity contribution in [3.05, 3.63) is 65.7 Å². The van der Waals surface area contributed by atoms with Gasteiger partial charge in [-0.15, -0.1) is 0 Å². The van der Waals surface area contributed by atoms with Gasteiger partial charge in [0.15, 0.2) is 0 Å². The number of amides is 1. The summed E-state index contributed by atoms with van der Waals surface area (Å²) in [6.45, 7) is 4.29. The molecule has 0 aliphatic carbocycles. The van der Waals surface area contributed by atoms with Crippen molar-refractivity contribution in [3.63, 3.8) is 0 Å². The first-order valence-electron chi connectivity index (χ1n) is 6.52. The third kappa shape index (κ3) is 3.02. The molecule has 0 atom stereocenters. The van der Waals surface area contributed by atoms with Crippen LogP contribution in [-0.4, -0.2) is 13.0 Å². The molecule has 2 aromatic rings. The average molecular weight is 253 g/mol. The fraction of sp³-hybridized carbons (Fsp3) is 0.235. The number of benzene rings is 2. The zero-order valence-electron chi connectivity index (χ0n) is 11.6. The number of carbonyl (C=O) groups is 1. The van der Waals surface area contributed by atoms with Crippen LogP contribution < -0.4 is 4.90 Å². The van der Waals surface area contributed by atoms with Crippen molar-refractivity contribution < 1.29 is 4.79 Å². The van der Waals surface area contributed by atoms with Crippen molar-refractivity contribution in [1.82, 2.24) is 0 Å². The normalized spacial score (nSPS) is 10.5. The Morgan fingerprint density at radius 2 is 1.53 bits per heavy atom. The molecule has 2 aromatic carbocycles. The largest absolute Gasteiger partial charge is 0.311 e. The van der Waals surface area contributed by atoms with Crippen molar-refractivity contribution in [2.45, 2.75) is 19.8 Å². The first kappa shape index (κ1) is 13.3. The molecule has 98 valence electrons. The van der Waals surface area contributed by atoms with E-state index >= 15 is 0 Å². The van der Waals surface area contributed by atoms with Crippen molar-refractivity contribution in [2.75, 3.05) is 11.9 Å². The molecule has 19 heavy (non-hydrogen) atoms. The number of anilines is 1. The highest BCUT2D eigenvalue weighted by molar-refractivity contribution is 6.05. The van der Waals surface area contributed by atoms with E-state index in [-0.39, 0.29) is 5.91 Å². The van der Waals surface area contributed by atoms with Crippen LogP contribution >= 0.6 is 0 Å². The molecule has 2 nitrogen and oxygen atoms in total. The second-order valence-electron chi connectivity index (χ2n) is 4.98. The Hall–Kier alpha value is -2.09. The van der Waals surface area contributed by atoms with Crippen LogP contribution in [0.5, 0.6) is 0 Å². The minimum Gasteiger partial charge on any atom is -0.311 e. The molecule has 0 fully saturated rings. The fourth-order valence-corrected chi connectivity index (χ4v) is 1.97. The van der Waals surface area contributed by atoms with Crippen molar-refractivity contribution in [1.29, 1.82) is 0 Å². The fourth-order valence-electron chi connectivity index (χ4n) is 1.97. The van der Waals surface area contributed by atoms with E-state index in [1.807, 2.05) is 54.6 Å². The predicted octanol–water partition coefficient (Wildman–Crippen LogP) is 4.09. The van der Waals surface area contributed by atoms with Gasteiger partial charge in [0.25, 0.3) is 5.91 Å². The Balaban J connectivity index is 2.20. The van der Waals surface area contributed by atoms with Crippen LogP contribution in [0.15, 0.2) is 54.6 Å². The van der Waals surface area contributed by atoms with E-state index in [1.54, 1.807) is 11.9 Å². The molecule has 2 rings (SSSR count). The van der Waals surface area contributed by atoms with Crippen LogP contribution in [-0.2, 0) is 0 Å². The van der Waals surface area contributed by atoms with E-state index in [2.05, 4.69) is 13.8 Å². The van der Waals surface area contributed by atoms with Crippen LogP contribution in [0.3, 0.4) is 0 Å². The van der Waals surface area contributed by atoms with Gasteiger partial charge in [-0.25, -0.2) is 0 Å². The van der Waals surface area contributed by atoms with Gasteiger partial charge in [-0.05, 0) is 35.7 Å². The molecule has 2 heteroatoms. The number of rotatable bonds is 3. The zero-order chi connectivity index (χ0) is 13.8. The monoisotopic (exact) mass is 253 g/mol. The molecule has 0 heterocycles. The molecule has 0 aliphatic heterocycles. The summed E-state index contributed by atoms with van der Waals surface area (Å²) in [6, 6.07) is 17.5. The molecule has 0 bridgehead atoms. The number of nitrogens with zero attached hydrogens (tertiary/aromatic N) is 1. The number of para-hydroxylation sites is 1. The topological polar surface area (TPSA) is 20.3 Å². The summed E-state index contributed by atoms with van der Waals surface area (Å²) >= 11 is 0. The number of hydrogen-bond acceptors (Lipinski definition) is 1. The molecule has 0 saturated carbocycles. The van der Waals surface area contributed by atoms with Gasteiger partial charge in [0, 0.05) is 18.3 Å². The van der Waals surface area contributed by atoms with Crippen LogP contribution in [0.2, 0.25) is 0 Å². The standard InChI is InChI=1S/C17H19NO/c1-13(2)14-9-11-15(12-10-14)17(19)18(3)16-7-5-4-6-8-16/h4-13H,1-3H3. The molecular weight excluding hydrogens is 234 g/mol. The van der Waals surface area contributed by atoms with Gasteiger partial charge in [-0.2, -0.15) is 0 Å². The van der Waals surface area contributed by atoms with E-state index in [0.717, 1.165) is 11.3 Å². The predicted molar refractivity (Wildman–Crippen MR) is 79.7 cm³/mol. The highest BCUT2D eigenvalue weighted by atomic mass is 16.2. The molecule has 0 saturated heterocycles. The van der Waals surface area contributed by atoms with Gasteiger partial charge in [0.05, 0.1) is 0 Å². The van der Waals surface area contributed by atoms with Crippen LogP contribution in [0, 0.1) is 0 Å². The first-order chi connectivity index (χ1) is 9.09. The van der Waals surface area contributed by atoms with E-state index < -0.39 is 0 Å². The molecule has 0 spiro atoms. The minimum atomic E-state index is 0.0153. The van der Waals surface area contributed by atoms with E-state index in [0.29, 0.717) is 5.92 Å². The van der Waals surface area contributed by atoms with Gasteiger partial charge >= 0.3 is 0 Å². The first-order valence-corrected chi connectivity index (χ1v) is 6.52. The van der Waals surface area contributed by atoms with Gasteiger partial charge < -0.3 is 4.90 Å². The van der Waals surface area contributed by atoms with Crippen molar-refractivity contribution in [2.24, 2.45) is 0 Å². The molecule has 0 aromatic heterocycles. The molecule has 0 aliphatic rings. The van der Waals surface area contributed by atoms with Crippen molar-refractivity contribution in [3.8, 4) is 0 Å². The molecule has 1 amide bonds. The highest BCUT2D eigenvalue weighted by Crippen LogP contribution is 2.18. The molecular formula is C17H19NO. The van der Waals surface area contributed by atoms with Crippen molar-refractivity contribution >= 4 is 11.6 Å². The van der Waals surface area contributed by atoms with Crippen LogP contribution in [0.1, 0.15) is 35.7 Å². The maximum Gasteiger partial charge on any atom is 0.258 e. The van der Waals surface area contributed by atoms with Gasteiger partial charge in [0.1, 0.15) is 0 Å². The Labute approximate surface area is 114 Å². The average Bonchev–Trinajstić information content (AvgIpc) is 2.46. The lowest BCUT2D eigenvalue weighted by Crippen LogP contribution is -2.26. The van der Waals surface area contributed by atoms with Crippen LogP contribution in [0.4, 0.5) is 5.69 Å². The third-order valence-electron chi connectivity index (χ3n) is 3.27. The van der Waals surface area contributed by atoms with E-state index in [1.165, 1.54) is 5.56 Å². The number of hydrogen-bond donors (Lipinski definition) is 0.